The van der Waals surface area contributed by atoms with Gasteiger partial charge in [0.1, 0.15) is 0 Å². The Hall–Kier alpha value is -0.830. The van der Waals surface area contributed by atoms with E-state index in [2.05, 4.69) is 36.1 Å². The molecule has 0 radical (unpaired) electrons. The minimum absolute atomic E-state index is 0.416. The maximum atomic E-state index is 9.62. The Morgan fingerprint density at radius 3 is 2.52 bits per heavy atom. The van der Waals surface area contributed by atoms with Gasteiger partial charge in [0.15, 0.2) is 0 Å². The van der Waals surface area contributed by atoms with Crippen LogP contribution >= 0.6 is 0 Å². The molecule has 2 saturated carbocycles. The zero-order chi connectivity index (χ0) is 14.8. The summed E-state index contributed by atoms with van der Waals surface area (Å²) in [6.45, 7) is 6.84. The van der Waals surface area contributed by atoms with Gasteiger partial charge in [-0.3, -0.25) is 4.90 Å². The van der Waals surface area contributed by atoms with Crippen LogP contribution in [0.1, 0.15) is 52.4 Å². The Kier molecular flexibility index (Phi) is 4.68. The number of hydrogen-bond donors (Lipinski definition) is 1. The monoisotopic (exact) mass is 290 g/mol. The number of oxime groups is 1. The lowest BCUT2D eigenvalue weighted by atomic mass is 9.77. The number of unbranched alkanes of at least 4 members (excludes halogenated alkanes) is 2. The summed E-state index contributed by atoms with van der Waals surface area (Å²) in [4.78, 5) is 2.64. The quantitative estimate of drug-likeness (QED) is 0.438. The highest BCUT2D eigenvalue weighted by molar-refractivity contribution is 5.95. The number of allylic oxidation sites excluding steroid dienone is 2. The predicted octanol–water partition coefficient (Wildman–Crippen LogP) is 3.93. The second kappa shape index (κ2) is 6.51. The molecule has 0 spiro atoms. The van der Waals surface area contributed by atoms with Gasteiger partial charge >= 0.3 is 0 Å². The van der Waals surface area contributed by atoms with Crippen LogP contribution in [0.15, 0.2) is 17.3 Å². The Balaban J connectivity index is 1.78. The second-order valence-electron chi connectivity index (χ2n) is 7.12. The van der Waals surface area contributed by atoms with Gasteiger partial charge in [-0.05, 0) is 56.5 Å². The van der Waals surface area contributed by atoms with Crippen LogP contribution in [0.2, 0.25) is 0 Å². The standard InChI is InChI=1S/C18H30N2O/c1-3-5-10-20(11-6-4-2)18-16-12-15(17(18)19-21)13-8-7-9-14(13)16/h7-8,13-16,18,21H,3-6,9-12H2,1-2H3. The third-order valence-electron chi connectivity index (χ3n) is 6.00. The summed E-state index contributed by atoms with van der Waals surface area (Å²) in [5, 5.41) is 13.4. The average molecular weight is 290 g/mol. The van der Waals surface area contributed by atoms with Crippen LogP contribution in [0.4, 0.5) is 0 Å². The van der Waals surface area contributed by atoms with Crippen LogP contribution in [0.3, 0.4) is 0 Å². The van der Waals surface area contributed by atoms with E-state index in [0.717, 1.165) is 30.6 Å². The number of nitrogens with zero attached hydrogens (tertiary/aromatic N) is 2. The first kappa shape index (κ1) is 15.1. The van der Waals surface area contributed by atoms with E-state index in [-0.39, 0.29) is 0 Å². The Labute approximate surface area is 129 Å². The van der Waals surface area contributed by atoms with E-state index in [1.165, 1.54) is 38.5 Å². The number of hydrogen-bond acceptors (Lipinski definition) is 3. The largest absolute Gasteiger partial charge is 0.411 e. The third-order valence-corrected chi connectivity index (χ3v) is 6.00. The van der Waals surface area contributed by atoms with Crippen LogP contribution < -0.4 is 0 Å². The first-order valence-corrected chi connectivity index (χ1v) is 8.94. The van der Waals surface area contributed by atoms with Gasteiger partial charge in [-0.2, -0.15) is 0 Å². The summed E-state index contributed by atoms with van der Waals surface area (Å²) in [5.74, 6) is 2.71. The molecule has 1 N–H and O–H groups in total. The highest BCUT2D eigenvalue weighted by Gasteiger charge is 2.57. The van der Waals surface area contributed by atoms with Gasteiger partial charge in [0.25, 0.3) is 0 Å². The fraction of sp³-hybridized carbons (Fsp3) is 0.833. The maximum Gasteiger partial charge on any atom is 0.0781 e. The van der Waals surface area contributed by atoms with E-state index in [1.54, 1.807) is 0 Å². The first-order chi connectivity index (χ1) is 10.3. The smallest absolute Gasteiger partial charge is 0.0781 e. The molecule has 0 heterocycles. The molecule has 3 heteroatoms. The maximum absolute atomic E-state index is 9.62. The minimum atomic E-state index is 0.416. The Bertz CT molecular complexity index is 409. The highest BCUT2D eigenvalue weighted by Crippen LogP contribution is 2.56. The average Bonchev–Trinajstić information content (AvgIpc) is 3.18. The van der Waals surface area contributed by atoms with E-state index in [0.29, 0.717) is 17.9 Å². The lowest BCUT2D eigenvalue weighted by Gasteiger charge is -2.39. The van der Waals surface area contributed by atoms with Crippen molar-refractivity contribution in [1.82, 2.24) is 4.90 Å². The summed E-state index contributed by atoms with van der Waals surface area (Å²) in [7, 11) is 0. The van der Waals surface area contributed by atoms with Crippen LogP contribution in [0.5, 0.6) is 0 Å². The van der Waals surface area contributed by atoms with Crippen molar-refractivity contribution in [2.75, 3.05) is 13.1 Å². The van der Waals surface area contributed by atoms with Crippen molar-refractivity contribution >= 4 is 5.71 Å². The molecule has 0 aliphatic heterocycles. The lowest BCUT2D eigenvalue weighted by molar-refractivity contribution is 0.151. The normalized spacial score (nSPS) is 38.8. The molecule has 3 aliphatic carbocycles. The van der Waals surface area contributed by atoms with Gasteiger partial charge in [-0.25, -0.2) is 0 Å². The molecule has 3 nitrogen and oxygen atoms in total. The van der Waals surface area contributed by atoms with E-state index in [4.69, 9.17) is 0 Å². The van der Waals surface area contributed by atoms with E-state index >= 15 is 0 Å². The summed E-state index contributed by atoms with van der Waals surface area (Å²) >= 11 is 0. The van der Waals surface area contributed by atoms with Crippen molar-refractivity contribution in [3.63, 3.8) is 0 Å². The molecule has 118 valence electrons. The molecule has 0 aromatic carbocycles. The van der Waals surface area contributed by atoms with Gasteiger partial charge in [-0.1, -0.05) is 44.0 Å². The highest BCUT2D eigenvalue weighted by atomic mass is 16.4. The molecular formula is C18H30N2O. The molecule has 3 rings (SSSR count). The topological polar surface area (TPSA) is 35.8 Å². The Morgan fingerprint density at radius 1 is 1.19 bits per heavy atom. The van der Waals surface area contributed by atoms with Crippen LogP contribution in [0, 0.1) is 23.7 Å². The van der Waals surface area contributed by atoms with Crippen molar-refractivity contribution in [2.24, 2.45) is 28.8 Å². The van der Waals surface area contributed by atoms with Gasteiger partial charge in [0, 0.05) is 5.92 Å². The lowest BCUT2D eigenvalue weighted by Crippen LogP contribution is -2.49. The first-order valence-electron chi connectivity index (χ1n) is 8.94. The van der Waals surface area contributed by atoms with Gasteiger partial charge in [-0.15, -0.1) is 0 Å². The van der Waals surface area contributed by atoms with Gasteiger partial charge < -0.3 is 5.21 Å². The molecule has 0 amide bonds. The second-order valence-corrected chi connectivity index (χ2v) is 7.12. The van der Waals surface area contributed by atoms with Crippen LogP contribution in [0.25, 0.3) is 0 Å². The van der Waals surface area contributed by atoms with Crippen molar-refractivity contribution in [2.45, 2.75) is 58.4 Å². The SMILES string of the molecule is CCCCN(CCCC)C1C(=NO)C2CC1C1CC=CC21. The molecule has 21 heavy (non-hydrogen) atoms. The molecule has 0 aromatic heterocycles. The minimum Gasteiger partial charge on any atom is -0.411 e. The molecule has 3 aliphatic rings. The zero-order valence-corrected chi connectivity index (χ0v) is 13.5. The summed E-state index contributed by atoms with van der Waals surface area (Å²) < 4.78 is 0. The van der Waals surface area contributed by atoms with E-state index in [1.807, 2.05) is 0 Å². The summed E-state index contributed by atoms with van der Waals surface area (Å²) in [5.41, 5.74) is 1.10. The Morgan fingerprint density at radius 2 is 1.90 bits per heavy atom. The molecule has 5 unspecified atom stereocenters. The van der Waals surface area contributed by atoms with Gasteiger partial charge in [0.05, 0.1) is 11.8 Å². The molecule has 2 fully saturated rings. The molecule has 2 bridgehead atoms. The molecule has 0 saturated heterocycles. The predicted molar refractivity (Wildman–Crippen MR) is 86.7 cm³/mol. The molecule has 0 aromatic rings. The summed E-state index contributed by atoms with van der Waals surface area (Å²) in [6, 6.07) is 0.416. The van der Waals surface area contributed by atoms with Crippen molar-refractivity contribution < 1.29 is 5.21 Å². The van der Waals surface area contributed by atoms with Gasteiger partial charge in [0.2, 0.25) is 0 Å². The molecular weight excluding hydrogens is 260 g/mol. The van der Waals surface area contributed by atoms with E-state index in [9.17, 15) is 5.21 Å². The molecule has 5 atom stereocenters. The fourth-order valence-electron chi connectivity index (χ4n) is 5.03. The van der Waals surface area contributed by atoms with Crippen molar-refractivity contribution in [1.29, 1.82) is 0 Å². The summed E-state index contributed by atoms with van der Waals surface area (Å²) in [6.07, 6.45) is 12.2. The fourth-order valence-corrected chi connectivity index (χ4v) is 5.03. The number of rotatable bonds is 7. The van der Waals surface area contributed by atoms with Crippen molar-refractivity contribution in [3.05, 3.63) is 12.2 Å². The third kappa shape index (κ3) is 2.54. The zero-order valence-electron chi connectivity index (χ0n) is 13.5. The van der Waals surface area contributed by atoms with Crippen molar-refractivity contribution in [3.8, 4) is 0 Å². The van der Waals surface area contributed by atoms with Crippen LogP contribution in [-0.4, -0.2) is 35.0 Å². The van der Waals surface area contributed by atoms with Crippen LogP contribution in [-0.2, 0) is 0 Å². The number of fused-ring (bicyclic) bond motifs is 5. The van der Waals surface area contributed by atoms with E-state index < -0.39 is 0 Å².